The van der Waals surface area contributed by atoms with Gasteiger partial charge in [-0.2, -0.15) is 0 Å². The van der Waals surface area contributed by atoms with E-state index < -0.39 is 35.4 Å². The van der Waals surface area contributed by atoms with Crippen LogP contribution in [0.2, 0.25) is 0 Å². The quantitative estimate of drug-likeness (QED) is 0.617. The molecular formula is C13H9FN2O4. The monoisotopic (exact) mass is 276 g/mol. The minimum Gasteiger partial charge on any atom is -0.293 e. The fraction of sp³-hybridized carbons (Fsp3) is 0.0769. The lowest BCUT2D eigenvalue weighted by molar-refractivity contribution is -0.140. The van der Waals surface area contributed by atoms with Gasteiger partial charge in [0.2, 0.25) is 11.8 Å². The molecule has 20 heavy (non-hydrogen) atoms. The molecule has 6 nitrogen and oxygen atoms in total. The molecule has 102 valence electrons. The van der Waals surface area contributed by atoms with Crippen LogP contribution in [0.25, 0.3) is 6.08 Å². The maximum Gasteiger partial charge on any atom is 0.328 e. The van der Waals surface area contributed by atoms with Gasteiger partial charge in [-0.15, -0.1) is 0 Å². The Morgan fingerprint density at radius 2 is 1.60 bits per heavy atom. The van der Waals surface area contributed by atoms with E-state index in [1.54, 1.807) is 0 Å². The zero-order valence-electron chi connectivity index (χ0n) is 10.1. The maximum atomic E-state index is 12.7. The lowest BCUT2D eigenvalue weighted by Crippen LogP contribution is -2.57. The molecule has 2 N–H and O–H groups in total. The molecule has 0 spiro atoms. The van der Waals surface area contributed by atoms with Gasteiger partial charge in [-0.25, -0.2) is 9.18 Å². The van der Waals surface area contributed by atoms with Crippen LogP contribution in [-0.2, 0) is 14.4 Å². The maximum absolute atomic E-state index is 12.7. The topological polar surface area (TPSA) is 92.3 Å². The number of carbonyl (C=O) groups is 4. The average Bonchev–Trinajstić information content (AvgIpc) is 2.37. The third-order valence-electron chi connectivity index (χ3n) is 2.59. The Balaban J connectivity index is 2.11. The molecule has 0 atom stereocenters. The Bertz CT molecular complexity index is 602. The molecule has 1 aromatic carbocycles. The molecule has 1 aromatic rings. The summed E-state index contributed by atoms with van der Waals surface area (Å²) in [6, 6.07) is 4.34. The van der Waals surface area contributed by atoms with Crippen molar-refractivity contribution in [1.82, 2.24) is 10.6 Å². The lowest BCUT2D eigenvalue weighted by Gasteiger charge is -2.18. The Morgan fingerprint density at radius 1 is 1.05 bits per heavy atom. The van der Waals surface area contributed by atoms with Gasteiger partial charge >= 0.3 is 6.03 Å². The van der Waals surface area contributed by atoms with E-state index in [9.17, 15) is 23.6 Å². The number of ketones is 1. The number of hydrogen-bond acceptors (Lipinski definition) is 4. The summed E-state index contributed by atoms with van der Waals surface area (Å²) in [5.41, 5.74) is 0.535. The van der Waals surface area contributed by atoms with Crippen molar-refractivity contribution in [2.24, 2.45) is 5.92 Å². The lowest BCUT2D eigenvalue weighted by atomic mass is 9.99. The molecule has 0 aliphatic carbocycles. The second-order valence-corrected chi connectivity index (χ2v) is 4.03. The van der Waals surface area contributed by atoms with Crippen LogP contribution >= 0.6 is 0 Å². The highest BCUT2D eigenvalue weighted by Gasteiger charge is 2.38. The first-order valence-electron chi connectivity index (χ1n) is 5.60. The summed E-state index contributed by atoms with van der Waals surface area (Å²) in [5.74, 6) is -4.71. The first-order valence-corrected chi connectivity index (χ1v) is 5.60. The Labute approximate surface area is 112 Å². The minimum absolute atomic E-state index is 0.418. The van der Waals surface area contributed by atoms with E-state index in [0.29, 0.717) is 5.56 Å². The van der Waals surface area contributed by atoms with Gasteiger partial charge < -0.3 is 0 Å². The fourth-order valence-corrected chi connectivity index (χ4v) is 1.63. The van der Waals surface area contributed by atoms with Crippen LogP contribution in [0.4, 0.5) is 9.18 Å². The van der Waals surface area contributed by atoms with Gasteiger partial charge in [0, 0.05) is 0 Å². The molecule has 1 aliphatic heterocycles. The van der Waals surface area contributed by atoms with Crippen molar-refractivity contribution in [3.05, 3.63) is 41.7 Å². The van der Waals surface area contributed by atoms with Crippen molar-refractivity contribution < 1.29 is 23.6 Å². The third-order valence-corrected chi connectivity index (χ3v) is 2.59. The first-order chi connectivity index (χ1) is 9.47. The summed E-state index contributed by atoms with van der Waals surface area (Å²) < 4.78 is 12.7. The molecule has 0 aromatic heterocycles. The van der Waals surface area contributed by atoms with Gasteiger partial charge in [0.25, 0.3) is 0 Å². The minimum atomic E-state index is -1.59. The molecule has 7 heteroatoms. The second kappa shape index (κ2) is 5.43. The largest absolute Gasteiger partial charge is 0.328 e. The SMILES string of the molecule is O=C1NC(=O)C(C(=O)/C=C/c2ccc(F)cc2)C(=O)N1. The normalized spacial score (nSPS) is 16.1. The highest BCUT2D eigenvalue weighted by molar-refractivity contribution is 6.28. The van der Waals surface area contributed by atoms with Crippen molar-refractivity contribution in [2.45, 2.75) is 0 Å². The van der Waals surface area contributed by atoms with Crippen molar-refractivity contribution in [2.75, 3.05) is 0 Å². The second-order valence-electron chi connectivity index (χ2n) is 4.03. The van der Waals surface area contributed by atoms with Gasteiger partial charge in [-0.3, -0.25) is 25.0 Å². The zero-order chi connectivity index (χ0) is 14.7. The van der Waals surface area contributed by atoms with Crippen molar-refractivity contribution in [1.29, 1.82) is 0 Å². The van der Waals surface area contributed by atoms with Crippen LogP contribution in [-0.4, -0.2) is 23.6 Å². The van der Waals surface area contributed by atoms with Crippen molar-refractivity contribution >= 4 is 29.7 Å². The summed E-state index contributed by atoms with van der Waals surface area (Å²) in [5, 5.41) is 3.66. The Hall–Kier alpha value is -2.83. The number of urea groups is 1. The predicted octanol–water partition coefficient (Wildman–Crippen LogP) is 0.390. The van der Waals surface area contributed by atoms with E-state index in [2.05, 4.69) is 0 Å². The van der Waals surface area contributed by atoms with E-state index in [1.807, 2.05) is 10.6 Å². The smallest absolute Gasteiger partial charge is 0.293 e. The molecule has 1 fully saturated rings. The van der Waals surface area contributed by atoms with Gasteiger partial charge in [0.15, 0.2) is 11.7 Å². The number of rotatable bonds is 3. The van der Waals surface area contributed by atoms with Crippen LogP contribution in [0.5, 0.6) is 0 Å². The Kier molecular flexibility index (Phi) is 3.69. The van der Waals surface area contributed by atoms with Gasteiger partial charge in [-0.1, -0.05) is 18.2 Å². The van der Waals surface area contributed by atoms with Crippen LogP contribution < -0.4 is 10.6 Å². The molecule has 0 radical (unpaired) electrons. The fourth-order valence-electron chi connectivity index (χ4n) is 1.63. The number of imide groups is 2. The summed E-state index contributed by atoms with van der Waals surface area (Å²) in [7, 11) is 0. The number of amides is 4. The van der Waals surface area contributed by atoms with Crippen LogP contribution in [0.15, 0.2) is 30.3 Å². The number of allylic oxidation sites excluding steroid dienone is 1. The molecule has 0 unspecified atom stereocenters. The molecule has 1 heterocycles. The van der Waals surface area contributed by atoms with Gasteiger partial charge in [-0.05, 0) is 23.8 Å². The van der Waals surface area contributed by atoms with Gasteiger partial charge in [0.1, 0.15) is 5.82 Å². The molecular weight excluding hydrogens is 267 g/mol. The predicted molar refractivity (Wildman–Crippen MR) is 65.6 cm³/mol. The number of benzene rings is 1. The van der Waals surface area contributed by atoms with Crippen LogP contribution in [0, 0.1) is 11.7 Å². The number of nitrogens with one attached hydrogen (secondary N) is 2. The summed E-state index contributed by atoms with van der Waals surface area (Å²) in [6.07, 6.45) is 2.38. The highest BCUT2D eigenvalue weighted by atomic mass is 19.1. The van der Waals surface area contributed by atoms with Crippen molar-refractivity contribution in [3.8, 4) is 0 Å². The molecule has 2 rings (SSSR count). The van der Waals surface area contributed by atoms with Crippen LogP contribution in [0.1, 0.15) is 5.56 Å². The zero-order valence-corrected chi connectivity index (χ0v) is 10.1. The standard InChI is InChI=1S/C13H9FN2O4/c14-8-4-1-7(2-5-8)3-6-9(17)10-11(18)15-13(20)16-12(10)19/h1-6,10H,(H2,15,16,18,19,20)/b6-3+. The molecule has 1 saturated heterocycles. The van der Waals surface area contributed by atoms with Crippen LogP contribution in [0.3, 0.4) is 0 Å². The molecule has 4 amide bonds. The van der Waals surface area contributed by atoms with E-state index in [4.69, 9.17) is 0 Å². The number of hydrogen-bond donors (Lipinski definition) is 2. The molecule has 0 saturated carbocycles. The highest BCUT2D eigenvalue weighted by Crippen LogP contribution is 2.08. The average molecular weight is 276 g/mol. The van der Waals surface area contributed by atoms with E-state index in [-0.39, 0.29) is 0 Å². The number of halogens is 1. The van der Waals surface area contributed by atoms with E-state index in [0.717, 1.165) is 6.08 Å². The van der Waals surface area contributed by atoms with E-state index >= 15 is 0 Å². The molecule has 1 aliphatic rings. The van der Waals surface area contributed by atoms with E-state index in [1.165, 1.54) is 30.3 Å². The summed E-state index contributed by atoms with van der Waals surface area (Å²) in [4.78, 5) is 45.4. The summed E-state index contributed by atoms with van der Waals surface area (Å²) >= 11 is 0. The molecule has 0 bridgehead atoms. The Morgan fingerprint density at radius 3 is 2.15 bits per heavy atom. The van der Waals surface area contributed by atoms with Crippen molar-refractivity contribution in [3.63, 3.8) is 0 Å². The third kappa shape index (κ3) is 2.94. The number of carbonyl (C=O) groups excluding carboxylic acids is 4. The van der Waals surface area contributed by atoms with Gasteiger partial charge in [0.05, 0.1) is 0 Å². The number of barbiturate groups is 1. The first kappa shape index (κ1) is 13.6. The summed E-state index contributed by atoms with van der Waals surface area (Å²) in [6.45, 7) is 0.